The molecule has 3 nitrogen and oxygen atoms in total. The number of Topliss-reactive ketones (excluding diaryl/α,β-unsaturated/α-hetero) is 1. The van der Waals surface area contributed by atoms with E-state index in [2.05, 4.69) is 20.7 Å². The van der Waals surface area contributed by atoms with Gasteiger partial charge in [0, 0.05) is 10.0 Å². The molecular formula is C9H8BrF2NO2. The third kappa shape index (κ3) is 2.89. The van der Waals surface area contributed by atoms with Crippen LogP contribution in [-0.4, -0.2) is 12.4 Å². The van der Waals surface area contributed by atoms with Crippen LogP contribution in [0, 0.1) is 0 Å². The number of ether oxygens (including phenoxy) is 1. The van der Waals surface area contributed by atoms with Crippen LogP contribution >= 0.6 is 15.9 Å². The van der Waals surface area contributed by atoms with Crippen LogP contribution in [0.25, 0.3) is 0 Å². The van der Waals surface area contributed by atoms with E-state index in [1.54, 1.807) is 0 Å². The number of hydrogen-bond acceptors (Lipinski definition) is 3. The molecule has 0 radical (unpaired) electrons. The zero-order valence-corrected chi connectivity index (χ0v) is 9.35. The van der Waals surface area contributed by atoms with E-state index >= 15 is 0 Å². The third-order valence-corrected chi connectivity index (χ3v) is 2.35. The molecule has 0 aromatic heterocycles. The number of anilines is 1. The van der Waals surface area contributed by atoms with E-state index in [-0.39, 0.29) is 17.2 Å². The van der Waals surface area contributed by atoms with Gasteiger partial charge in [-0.05, 0) is 35.0 Å². The van der Waals surface area contributed by atoms with Crippen molar-refractivity contribution in [3.63, 3.8) is 0 Å². The van der Waals surface area contributed by atoms with Crippen molar-refractivity contribution in [1.29, 1.82) is 0 Å². The molecule has 0 aliphatic rings. The molecule has 1 aromatic carbocycles. The van der Waals surface area contributed by atoms with Gasteiger partial charge in [-0.15, -0.1) is 0 Å². The van der Waals surface area contributed by atoms with Crippen LogP contribution in [0.5, 0.6) is 5.75 Å². The summed E-state index contributed by atoms with van der Waals surface area (Å²) in [6, 6.07) is 2.54. The lowest BCUT2D eigenvalue weighted by Gasteiger charge is -2.09. The number of nitrogen functional groups attached to an aromatic ring is 1. The van der Waals surface area contributed by atoms with Crippen LogP contribution in [0.1, 0.15) is 17.3 Å². The molecule has 0 atom stereocenters. The lowest BCUT2D eigenvalue weighted by Crippen LogP contribution is -2.06. The van der Waals surface area contributed by atoms with E-state index in [1.807, 2.05) is 0 Å². The number of rotatable bonds is 3. The van der Waals surface area contributed by atoms with Crippen LogP contribution in [0.2, 0.25) is 0 Å². The van der Waals surface area contributed by atoms with E-state index in [4.69, 9.17) is 5.73 Å². The molecule has 82 valence electrons. The minimum atomic E-state index is -2.94. The van der Waals surface area contributed by atoms with Gasteiger partial charge in [0.2, 0.25) is 0 Å². The number of ketones is 1. The Morgan fingerprint density at radius 3 is 2.60 bits per heavy atom. The number of carbonyl (C=O) groups is 1. The first-order chi connectivity index (χ1) is 6.91. The summed E-state index contributed by atoms with van der Waals surface area (Å²) < 4.78 is 28.4. The summed E-state index contributed by atoms with van der Waals surface area (Å²) in [6.45, 7) is -1.59. The fraction of sp³-hybridized carbons (Fsp3) is 0.222. The van der Waals surface area contributed by atoms with Crippen LogP contribution in [-0.2, 0) is 0 Å². The van der Waals surface area contributed by atoms with Crippen molar-refractivity contribution in [3.8, 4) is 5.75 Å². The molecule has 0 aliphatic carbocycles. The van der Waals surface area contributed by atoms with Gasteiger partial charge in [-0.25, -0.2) is 0 Å². The van der Waals surface area contributed by atoms with Gasteiger partial charge in [0.15, 0.2) is 5.78 Å². The number of carbonyl (C=O) groups excluding carboxylic acids is 1. The highest BCUT2D eigenvalue weighted by molar-refractivity contribution is 9.10. The molecule has 0 amide bonds. The number of benzene rings is 1. The first-order valence-electron chi connectivity index (χ1n) is 3.96. The monoisotopic (exact) mass is 279 g/mol. The molecule has 1 aromatic rings. The predicted octanol–water partition coefficient (Wildman–Crippen LogP) is 2.84. The second-order valence-electron chi connectivity index (χ2n) is 2.80. The average molecular weight is 280 g/mol. The van der Waals surface area contributed by atoms with Gasteiger partial charge in [0.05, 0.1) is 5.69 Å². The molecule has 0 saturated heterocycles. The predicted molar refractivity (Wildman–Crippen MR) is 55.2 cm³/mol. The summed E-state index contributed by atoms with van der Waals surface area (Å²) in [6.07, 6.45) is 0. The molecule has 0 spiro atoms. The Labute approximate surface area is 93.3 Å². The molecule has 0 unspecified atom stereocenters. The molecule has 2 N–H and O–H groups in total. The van der Waals surface area contributed by atoms with Crippen LogP contribution in [0.4, 0.5) is 14.5 Å². The molecule has 0 aliphatic heterocycles. The maximum atomic E-state index is 11.9. The summed E-state index contributed by atoms with van der Waals surface area (Å²) in [5.74, 6) is -0.362. The third-order valence-electron chi connectivity index (χ3n) is 1.69. The Morgan fingerprint density at radius 2 is 2.13 bits per heavy atom. The first-order valence-corrected chi connectivity index (χ1v) is 4.76. The first kappa shape index (κ1) is 11.9. The summed E-state index contributed by atoms with van der Waals surface area (Å²) in [5.41, 5.74) is 5.78. The molecule has 1 rings (SSSR count). The Balaban J connectivity index is 3.13. The van der Waals surface area contributed by atoms with Gasteiger partial charge >= 0.3 is 6.61 Å². The fourth-order valence-electron chi connectivity index (χ4n) is 1.04. The largest absolute Gasteiger partial charge is 0.433 e. The van der Waals surface area contributed by atoms with Gasteiger partial charge in [0.1, 0.15) is 5.75 Å². The van der Waals surface area contributed by atoms with Gasteiger partial charge in [-0.1, -0.05) is 0 Å². The minimum Gasteiger partial charge on any atom is -0.433 e. The van der Waals surface area contributed by atoms with E-state index in [9.17, 15) is 13.6 Å². The van der Waals surface area contributed by atoms with Crippen molar-refractivity contribution in [2.45, 2.75) is 13.5 Å². The lowest BCUT2D eigenvalue weighted by atomic mass is 10.1. The van der Waals surface area contributed by atoms with E-state index in [0.717, 1.165) is 0 Å². The average Bonchev–Trinajstić information content (AvgIpc) is 2.09. The quantitative estimate of drug-likeness (QED) is 0.684. The summed E-state index contributed by atoms with van der Waals surface area (Å²) in [7, 11) is 0. The summed E-state index contributed by atoms with van der Waals surface area (Å²) >= 11 is 3.07. The molecule has 6 heteroatoms. The van der Waals surface area contributed by atoms with E-state index in [1.165, 1.54) is 19.1 Å². The number of alkyl halides is 2. The molecule has 0 bridgehead atoms. The van der Waals surface area contributed by atoms with E-state index in [0.29, 0.717) is 10.0 Å². The van der Waals surface area contributed by atoms with Crippen molar-refractivity contribution < 1.29 is 18.3 Å². The molecule has 0 heterocycles. The summed E-state index contributed by atoms with van der Waals surface area (Å²) in [4.78, 5) is 11.1. The van der Waals surface area contributed by atoms with Crippen molar-refractivity contribution in [2.75, 3.05) is 5.73 Å². The second kappa shape index (κ2) is 4.57. The highest BCUT2D eigenvalue weighted by atomic mass is 79.9. The highest BCUT2D eigenvalue weighted by Gasteiger charge is 2.13. The van der Waals surface area contributed by atoms with Crippen molar-refractivity contribution >= 4 is 27.4 Å². The Bertz CT molecular complexity index is 396. The van der Waals surface area contributed by atoms with Crippen molar-refractivity contribution in [3.05, 3.63) is 22.2 Å². The Hall–Kier alpha value is -1.17. The van der Waals surface area contributed by atoms with Gasteiger partial charge < -0.3 is 10.5 Å². The van der Waals surface area contributed by atoms with Crippen LogP contribution in [0.15, 0.2) is 16.6 Å². The van der Waals surface area contributed by atoms with Gasteiger partial charge in [-0.2, -0.15) is 8.78 Å². The van der Waals surface area contributed by atoms with Gasteiger partial charge in [0.25, 0.3) is 0 Å². The zero-order chi connectivity index (χ0) is 11.6. The topological polar surface area (TPSA) is 52.3 Å². The smallest absolute Gasteiger partial charge is 0.387 e. The lowest BCUT2D eigenvalue weighted by molar-refractivity contribution is -0.0493. The van der Waals surface area contributed by atoms with Crippen LogP contribution in [0.3, 0.4) is 0 Å². The maximum absolute atomic E-state index is 11.9. The normalized spacial score (nSPS) is 10.5. The number of nitrogens with two attached hydrogens (primary N) is 1. The second-order valence-corrected chi connectivity index (χ2v) is 3.66. The number of halogens is 3. The number of hydrogen-bond donors (Lipinski definition) is 1. The molecular weight excluding hydrogens is 272 g/mol. The molecule has 0 fully saturated rings. The minimum absolute atomic E-state index is 0.00343. The summed E-state index contributed by atoms with van der Waals surface area (Å²) in [5, 5.41) is 0. The Kier molecular flexibility index (Phi) is 3.62. The van der Waals surface area contributed by atoms with Gasteiger partial charge in [-0.3, -0.25) is 4.79 Å². The molecule has 0 saturated carbocycles. The fourth-order valence-corrected chi connectivity index (χ4v) is 1.64. The van der Waals surface area contributed by atoms with E-state index < -0.39 is 6.61 Å². The maximum Gasteiger partial charge on any atom is 0.387 e. The molecule has 15 heavy (non-hydrogen) atoms. The van der Waals surface area contributed by atoms with Crippen molar-refractivity contribution in [2.24, 2.45) is 0 Å². The Morgan fingerprint density at radius 1 is 1.53 bits per heavy atom. The standard InChI is InChI=1S/C9H8BrF2NO2/c1-4(14)5-2-7(13)8(3-6(5)10)15-9(11)12/h2-3,9H,13H2,1H3. The highest BCUT2D eigenvalue weighted by Crippen LogP contribution is 2.30. The zero-order valence-electron chi connectivity index (χ0n) is 7.76. The van der Waals surface area contributed by atoms with Crippen LogP contribution < -0.4 is 10.5 Å². The SMILES string of the molecule is CC(=O)c1cc(N)c(OC(F)F)cc1Br. The van der Waals surface area contributed by atoms with Crippen molar-refractivity contribution in [1.82, 2.24) is 0 Å².